The molecule has 0 radical (unpaired) electrons. The zero-order chi connectivity index (χ0) is 8.22. The van der Waals surface area contributed by atoms with Crippen molar-refractivity contribution in [2.45, 2.75) is 33.6 Å². The number of hydrogen-bond acceptors (Lipinski definition) is 1. The molecule has 1 saturated carbocycles. The summed E-state index contributed by atoms with van der Waals surface area (Å²) in [5.41, 5.74) is 4.13. The van der Waals surface area contributed by atoms with Crippen molar-refractivity contribution >= 4 is 5.71 Å². The highest BCUT2D eigenvalue weighted by Crippen LogP contribution is 2.57. The van der Waals surface area contributed by atoms with Crippen LogP contribution in [0.1, 0.15) is 33.6 Å². The van der Waals surface area contributed by atoms with Gasteiger partial charge in [-0.05, 0) is 36.7 Å². The van der Waals surface area contributed by atoms with Crippen LogP contribution in [0, 0.1) is 16.7 Å². The van der Waals surface area contributed by atoms with E-state index in [9.17, 15) is 0 Å². The maximum Gasteiger partial charge on any atom is 0.0346 e. The molecule has 0 aliphatic heterocycles. The Hall–Kier alpha value is -0.590. The van der Waals surface area contributed by atoms with E-state index in [1.165, 1.54) is 12.0 Å². The lowest BCUT2D eigenvalue weighted by Gasteiger charge is -2.52. The van der Waals surface area contributed by atoms with Crippen LogP contribution in [0.2, 0.25) is 0 Å². The summed E-state index contributed by atoms with van der Waals surface area (Å²) in [5.74, 6) is 0.772. The molecule has 1 nitrogen and oxygen atoms in total. The summed E-state index contributed by atoms with van der Waals surface area (Å²) < 4.78 is 0. The molecule has 1 unspecified atom stereocenters. The lowest BCUT2D eigenvalue weighted by molar-refractivity contribution is 0.163. The van der Waals surface area contributed by atoms with Crippen LogP contribution in [0.15, 0.2) is 11.1 Å². The Balaban J connectivity index is 2.47. The standard InChI is InChI=1S/C10H15N/c1-6-8-4-7(5-9(6)11)10(8,2)3/h7,11H,4-5H2,1-3H3. The number of nitrogens with one attached hydrogen (secondary N) is 1. The number of fused-ring (bicyclic) bond motifs is 2. The fourth-order valence-corrected chi connectivity index (χ4v) is 2.43. The van der Waals surface area contributed by atoms with Crippen LogP contribution in [-0.4, -0.2) is 5.71 Å². The minimum absolute atomic E-state index is 0.425. The number of allylic oxidation sites excluding steroid dienone is 2. The lowest BCUT2D eigenvalue weighted by Crippen LogP contribution is -2.44. The molecule has 0 aromatic heterocycles. The second-order valence-electron chi connectivity index (χ2n) is 4.41. The van der Waals surface area contributed by atoms with Crippen molar-refractivity contribution in [3.8, 4) is 0 Å². The van der Waals surface area contributed by atoms with E-state index in [2.05, 4.69) is 20.8 Å². The highest BCUT2D eigenvalue weighted by molar-refractivity contribution is 6.00. The van der Waals surface area contributed by atoms with Crippen LogP contribution in [0.3, 0.4) is 0 Å². The summed E-state index contributed by atoms with van der Waals surface area (Å²) in [7, 11) is 0. The van der Waals surface area contributed by atoms with Crippen LogP contribution in [0.25, 0.3) is 0 Å². The largest absolute Gasteiger partial charge is 0.305 e. The third-order valence-electron chi connectivity index (χ3n) is 3.60. The Bertz CT molecular complexity index is 258. The predicted molar refractivity (Wildman–Crippen MR) is 46.9 cm³/mol. The van der Waals surface area contributed by atoms with E-state index in [1.807, 2.05) is 0 Å². The van der Waals surface area contributed by atoms with Crippen LogP contribution in [0.5, 0.6) is 0 Å². The first-order valence-electron chi connectivity index (χ1n) is 4.31. The SMILES string of the molecule is CC1=C2CC(CC1=N)C2(C)C. The molecule has 3 aliphatic carbocycles. The van der Waals surface area contributed by atoms with Gasteiger partial charge in [-0.2, -0.15) is 0 Å². The monoisotopic (exact) mass is 149 g/mol. The molecule has 60 valence electrons. The van der Waals surface area contributed by atoms with Gasteiger partial charge < -0.3 is 5.41 Å². The second-order valence-corrected chi connectivity index (χ2v) is 4.41. The molecule has 0 spiro atoms. The van der Waals surface area contributed by atoms with Gasteiger partial charge in [0.05, 0.1) is 0 Å². The third-order valence-corrected chi connectivity index (χ3v) is 3.60. The topological polar surface area (TPSA) is 23.9 Å². The van der Waals surface area contributed by atoms with Crippen molar-refractivity contribution in [2.75, 3.05) is 0 Å². The molecule has 0 amide bonds. The van der Waals surface area contributed by atoms with Gasteiger partial charge in [-0.1, -0.05) is 19.4 Å². The van der Waals surface area contributed by atoms with E-state index >= 15 is 0 Å². The smallest absolute Gasteiger partial charge is 0.0346 e. The zero-order valence-corrected chi connectivity index (χ0v) is 7.49. The van der Waals surface area contributed by atoms with Crippen molar-refractivity contribution in [1.29, 1.82) is 5.41 Å². The summed E-state index contributed by atoms with van der Waals surface area (Å²) >= 11 is 0. The zero-order valence-electron chi connectivity index (χ0n) is 7.49. The normalized spacial score (nSPS) is 33.7. The molecule has 0 saturated heterocycles. The molecule has 2 bridgehead atoms. The highest BCUT2D eigenvalue weighted by atomic mass is 14.6. The molecule has 1 heteroatoms. The first-order chi connectivity index (χ1) is 5.03. The van der Waals surface area contributed by atoms with Crippen molar-refractivity contribution in [1.82, 2.24) is 0 Å². The summed E-state index contributed by atoms with van der Waals surface area (Å²) in [6.45, 7) is 6.73. The van der Waals surface area contributed by atoms with Crippen molar-refractivity contribution in [3.63, 3.8) is 0 Å². The van der Waals surface area contributed by atoms with Crippen molar-refractivity contribution in [3.05, 3.63) is 11.1 Å². The van der Waals surface area contributed by atoms with Gasteiger partial charge >= 0.3 is 0 Å². The van der Waals surface area contributed by atoms with Crippen LogP contribution >= 0.6 is 0 Å². The van der Waals surface area contributed by atoms with Gasteiger partial charge in [0.1, 0.15) is 0 Å². The first kappa shape index (κ1) is 7.08. The average molecular weight is 149 g/mol. The van der Waals surface area contributed by atoms with Gasteiger partial charge in [-0.25, -0.2) is 0 Å². The number of rotatable bonds is 0. The Morgan fingerprint density at radius 1 is 1.36 bits per heavy atom. The van der Waals surface area contributed by atoms with E-state index < -0.39 is 0 Å². The number of hydrogen-bond donors (Lipinski definition) is 1. The Labute approximate surface area is 68.0 Å². The minimum Gasteiger partial charge on any atom is -0.305 e. The van der Waals surface area contributed by atoms with Crippen LogP contribution in [0.4, 0.5) is 0 Å². The molecule has 0 heterocycles. The quantitative estimate of drug-likeness (QED) is 0.547. The molecule has 0 aromatic carbocycles. The van der Waals surface area contributed by atoms with Gasteiger partial charge in [-0.15, -0.1) is 0 Å². The summed E-state index contributed by atoms with van der Waals surface area (Å²) in [5, 5.41) is 7.67. The Morgan fingerprint density at radius 3 is 2.36 bits per heavy atom. The van der Waals surface area contributed by atoms with Crippen LogP contribution in [-0.2, 0) is 0 Å². The van der Waals surface area contributed by atoms with E-state index in [1.54, 1.807) is 5.57 Å². The molecule has 11 heavy (non-hydrogen) atoms. The van der Waals surface area contributed by atoms with Crippen molar-refractivity contribution in [2.24, 2.45) is 11.3 Å². The molecular weight excluding hydrogens is 134 g/mol. The summed E-state index contributed by atoms with van der Waals surface area (Å²) in [4.78, 5) is 0. The van der Waals surface area contributed by atoms with E-state index in [4.69, 9.17) is 5.41 Å². The van der Waals surface area contributed by atoms with E-state index in [0.29, 0.717) is 5.41 Å². The summed E-state index contributed by atoms with van der Waals surface area (Å²) in [6.07, 6.45) is 2.28. The van der Waals surface area contributed by atoms with Gasteiger partial charge in [-0.3, -0.25) is 0 Å². The molecule has 0 aromatic rings. The first-order valence-corrected chi connectivity index (χ1v) is 4.31. The van der Waals surface area contributed by atoms with E-state index in [-0.39, 0.29) is 0 Å². The third kappa shape index (κ3) is 0.688. The van der Waals surface area contributed by atoms with Gasteiger partial charge in [0, 0.05) is 5.71 Å². The predicted octanol–water partition coefficient (Wildman–Crippen LogP) is 2.77. The molecule has 1 atom stereocenters. The Kier molecular flexibility index (Phi) is 1.14. The van der Waals surface area contributed by atoms with Gasteiger partial charge in [0.2, 0.25) is 0 Å². The Morgan fingerprint density at radius 2 is 2.00 bits per heavy atom. The van der Waals surface area contributed by atoms with Crippen molar-refractivity contribution < 1.29 is 0 Å². The van der Waals surface area contributed by atoms with Crippen LogP contribution < -0.4 is 0 Å². The summed E-state index contributed by atoms with van der Waals surface area (Å²) in [6, 6.07) is 0. The average Bonchev–Trinajstić information content (AvgIpc) is 1.93. The maximum absolute atomic E-state index is 7.67. The fraction of sp³-hybridized carbons (Fsp3) is 0.700. The molecular formula is C10H15N. The maximum atomic E-state index is 7.67. The molecule has 1 fully saturated rings. The second kappa shape index (κ2) is 1.77. The molecule has 3 rings (SSSR count). The fourth-order valence-electron chi connectivity index (χ4n) is 2.43. The van der Waals surface area contributed by atoms with Gasteiger partial charge in [0.25, 0.3) is 0 Å². The lowest BCUT2D eigenvalue weighted by atomic mass is 9.52. The van der Waals surface area contributed by atoms with E-state index in [0.717, 1.165) is 18.1 Å². The molecule has 3 aliphatic rings. The molecule has 1 N–H and O–H groups in total. The van der Waals surface area contributed by atoms with Gasteiger partial charge in [0.15, 0.2) is 0 Å². The minimum atomic E-state index is 0.425. The highest BCUT2D eigenvalue weighted by Gasteiger charge is 2.48.